The lowest BCUT2D eigenvalue weighted by atomic mass is 10.1. The minimum absolute atomic E-state index is 0.0190. The van der Waals surface area contributed by atoms with Gasteiger partial charge in [-0.1, -0.05) is 13.0 Å². The Kier molecular flexibility index (Phi) is 5.13. The number of sulfone groups is 1. The summed E-state index contributed by atoms with van der Waals surface area (Å²) in [5.74, 6) is 1.19. The van der Waals surface area contributed by atoms with Crippen molar-refractivity contribution >= 4 is 48.2 Å². The summed E-state index contributed by atoms with van der Waals surface area (Å²) in [7, 11) is -3.66. The molecule has 1 atom stereocenters. The maximum atomic E-state index is 13.7. The van der Waals surface area contributed by atoms with Gasteiger partial charge in [0.05, 0.1) is 27.4 Å². The van der Waals surface area contributed by atoms with Crippen LogP contribution in [0.2, 0.25) is 0 Å². The Morgan fingerprint density at radius 3 is 2.79 bits per heavy atom. The number of nitrogens with zero attached hydrogens (tertiary/aromatic N) is 6. The van der Waals surface area contributed by atoms with E-state index in [-0.39, 0.29) is 15.8 Å². The predicted octanol–water partition coefficient (Wildman–Crippen LogP) is 2.48. The highest BCUT2D eigenvalue weighted by Crippen LogP contribution is 2.28. The van der Waals surface area contributed by atoms with Crippen LogP contribution in [0.25, 0.3) is 27.1 Å². The van der Waals surface area contributed by atoms with Crippen molar-refractivity contribution in [3.8, 4) is 5.82 Å². The number of benzene rings is 1. The first kappa shape index (κ1) is 21.2. The molecule has 2 N–H and O–H groups in total. The third-order valence-electron chi connectivity index (χ3n) is 5.17. The minimum atomic E-state index is -3.66. The normalized spacial score (nSPS) is 12.9. The molecule has 0 aliphatic rings. The van der Waals surface area contributed by atoms with Crippen molar-refractivity contribution in [2.75, 3.05) is 11.6 Å². The van der Waals surface area contributed by atoms with Crippen LogP contribution in [0.3, 0.4) is 0 Å². The van der Waals surface area contributed by atoms with Gasteiger partial charge < -0.3 is 5.32 Å². The Morgan fingerprint density at radius 2 is 2.06 bits per heavy atom. The summed E-state index contributed by atoms with van der Waals surface area (Å²) >= 11 is 1.40. The molecule has 1 unspecified atom stereocenters. The van der Waals surface area contributed by atoms with Gasteiger partial charge in [-0.3, -0.25) is 9.89 Å². The number of anilines is 1. The summed E-state index contributed by atoms with van der Waals surface area (Å²) in [6.45, 7) is 1.94. The Balaban J connectivity index is 1.77. The number of hydrogen-bond donors (Lipinski definition) is 2. The van der Waals surface area contributed by atoms with Gasteiger partial charge in [0.25, 0.3) is 5.56 Å². The van der Waals surface area contributed by atoms with Crippen LogP contribution in [0.15, 0.2) is 52.0 Å². The fourth-order valence-corrected chi connectivity index (χ4v) is 5.19. The summed E-state index contributed by atoms with van der Waals surface area (Å²) in [4.78, 5) is 32.0. The average molecular weight is 483 g/mol. The topological polar surface area (TPSA) is 148 Å². The first-order valence-corrected chi connectivity index (χ1v) is 12.7. The standard InChI is InChI=1S/C20H18N8O3S2/c1-3-11(25-17-16-19(22-9-21-17)32-10-23-16)18-26-12-5-4-6-13(33(2,30)31)15(12)20(29)28(18)14-7-8-24-27-14/h4-11H,3H2,1-2H3,(H,24,27)(H,21,22,25). The van der Waals surface area contributed by atoms with Gasteiger partial charge in [-0.2, -0.15) is 5.10 Å². The average Bonchev–Trinajstić information content (AvgIpc) is 3.48. The smallest absolute Gasteiger partial charge is 0.268 e. The second kappa shape index (κ2) is 8.01. The van der Waals surface area contributed by atoms with E-state index in [0.29, 0.717) is 29.4 Å². The molecule has 11 nitrogen and oxygen atoms in total. The molecule has 33 heavy (non-hydrogen) atoms. The van der Waals surface area contributed by atoms with E-state index in [1.54, 1.807) is 29.9 Å². The molecule has 0 saturated heterocycles. The third-order valence-corrected chi connectivity index (χ3v) is 7.04. The second-order valence-corrected chi connectivity index (χ2v) is 10.1. The quantitative estimate of drug-likeness (QED) is 0.372. The molecule has 13 heteroatoms. The summed E-state index contributed by atoms with van der Waals surface area (Å²) < 4.78 is 26.1. The van der Waals surface area contributed by atoms with Crippen LogP contribution in [0, 0.1) is 0 Å². The third kappa shape index (κ3) is 3.64. The molecular formula is C20H18N8O3S2. The van der Waals surface area contributed by atoms with Gasteiger partial charge in [-0.15, -0.1) is 11.3 Å². The van der Waals surface area contributed by atoms with Gasteiger partial charge in [-0.05, 0) is 18.6 Å². The van der Waals surface area contributed by atoms with E-state index in [1.807, 2.05) is 6.92 Å². The highest BCUT2D eigenvalue weighted by Gasteiger charge is 2.25. The lowest BCUT2D eigenvalue weighted by molar-refractivity contribution is 0.602. The van der Waals surface area contributed by atoms with Crippen LogP contribution in [-0.2, 0) is 9.84 Å². The molecule has 4 aromatic heterocycles. The van der Waals surface area contributed by atoms with Crippen molar-refractivity contribution in [1.82, 2.24) is 34.7 Å². The molecule has 5 aromatic rings. The van der Waals surface area contributed by atoms with Crippen LogP contribution in [0.5, 0.6) is 0 Å². The zero-order valence-electron chi connectivity index (χ0n) is 17.6. The molecule has 1 aromatic carbocycles. The molecule has 0 fully saturated rings. The van der Waals surface area contributed by atoms with Crippen LogP contribution in [0.4, 0.5) is 5.82 Å². The summed E-state index contributed by atoms with van der Waals surface area (Å²) in [5.41, 5.74) is 2.07. The van der Waals surface area contributed by atoms with Gasteiger partial charge in [0, 0.05) is 18.5 Å². The number of rotatable bonds is 6. The van der Waals surface area contributed by atoms with Crippen LogP contribution < -0.4 is 10.9 Å². The molecule has 4 heterocycles. The van der Waals surface area contributed by atoms with Gasteiger partial charge in [0.1, 0.15) is 22.5 Å². The van der Waals surface area contributed by atoms with E-state index in [0.717, 1.165) is 11.1 Å². The van der Waals surface area contributed by atoms with Crippen LogP contribution >= 0.6 is 11.3 Å². The lowest BCUT2D eigenvalue weighted by Gasteiger charge is -2.21. The van der Waals surface area contributed by atoms with Gasteiger partial charge in [0.2, 0.25) is 0 Å². The summed E-state index contributed by atoms with van der Waals surface area (Å²) in [5, 5.41) is 10.2. The minimum Gasteiger partial charge on any atom is -0.358 e. The van der Waals surface area contributed by atoms with Crippen molar-refractivity contribution in [3.05, 3.63) is 58.5 Å². The number of H-pyrrole nitrogens is 1. The van der Waals surface area contributed by atoms with Crippen LogP contribution in [0.1, 0.15) is 25.2 Å². The Bertz CT molecular complexity index is 1640. The zero-order valence-corrected chi connectivity index (χ0v) is 19.2. The Morgan fingerprint density at radius 1 is 1.21 bits per heavy atom. The summed E-state index contributed by atoms with van der Waals surface area (Å²) in [6, 6.07) is 5.77. The van der Waals surface area contributed by atoms with Gasteiger partial charge >= 0.3 is 0 Å². The largest absolute Gasteiger partial charge is 0.358 e. The number of thiazole rings is 1. The SMILES string of the molecule is CCC(Nc1ncnc2scnc12)c1nc2cccc(S(C)(=O)=O)c2c(=O)n1-c1cc[nH]n1. The number of fused-ring (bicyclic) bond motifs is 2. The maximum Gasteiger partial charge on any atom is 0.268 e. The van der Waals surface area contributed by atoms with Crippen molar-refractivity contribution in [3.63, 3.8) is 0 Å². The van der Waals surface area contributed by atoms with E-state index in [9.17, 15) is 13.2 Å². The molecular weight excluding hydrogens is 464 g/mol. The van der Waals surface area contributed by atoms with Crippen LogP contribution in [-0.4, -0.2) is 49.4 Å². The molecule has 0 aliphatic carbocycles. The van der Waals surface area contributed by atoms with E-state index in [2.05, 4.69) is 30.5 Å². The van der Waals surface area contributed by atoms with E-state index in [4.69, 9.17) is 4.98 Å². The Hall–Kier alpha value is -3.71. The molecule has 0 aliphatic heterocycles. The zero-order chi connectivity index (χ0) is 23.2. The highest BCUT2D eigenvalue weighted by atomic mass is 32.2. The van der Waals surface area contributed by atoms with E-state index < -0.39 is 21.4 Å². The molecule has 0 spiro atoms. The van der Waals surface area contributed by atoms with E-state index >= 15 is 0 Å². The predicted molar refractivity (Wildman–Crippen MR) is 124 cm³/mol. The summed E-state index contributed by atoms with van der Waals surface area (Å²) in [6.07, 6.45) is 4.64. The number of hydrogen-bond acceptors (Lipinski definition) is 10. The molecule has 0 bridgehead atoms. The number of aromatic nitrogens is 7. The maximum absolute atomic E-state index is 13.7. The fourth-order valence-electron chi connectivity index (χ4n) is 3.67. The molecule has 5 rings (SSSR count). The molecule has 168 valence electrons. The van der Waals surface area contributed by atoms with Gasteiger partial charge in [0.15, 0.2) is 21.5 Å². The Labute approximate surface area is 191 Å². The number of nitrogens with one attached hydrogen (secondary N) is 2. The monoisotopic (exact) mass is 482 g/mol. The highest BCUT2D eigenvalue weighted by molar-refractivity contribution is 7.91. The van der Waals surface area contributed by atoms with E-state index in [1.165, 1.54) is 28.3 Å². The van der Waals surface area contributed by atoms with Crippen molar-refractivity contribution in [1.29, 1.82) is 0 Å². The lowest BCUT2D eigenvalue weighted by Crippen LogP contribution is -2.29. The molecule has 0 amide bonds. The van der Waals surface area contributed by atoms with Crippen molar-refractivity contribution in [2.45, 2.75) is 24.3 Å². The molecule has 0 saturated carbocycles. The van der Waals surface area contributed by atoms with Crippen molar-refractivity contribution < 1.29 is 8.42 Å². The second-order valence-electron chi connectivity index (χ2n) is 7.30. The molecule has 0 radical (unpaired) electrons. The number of aromatic amines is 1. The van der Waals surface area contributed by atoms with Crippen molar-refractivity contribution in [2.24, 2.45) is 0 Å². The fraction of sp³-hybridized carbons (Fsp3) is 0.200. The first-order chi connectivity index (χ1) is 15.9. The first-order valence-electron chi connectivity index (χ1n) is 9.95. The van der Waals surface area contributed by atoms with Gasteiger partial charge in [-0.25, -0.2) is 32.9 Å².